The third kappa shape index (κ3) is 4.83. The molecule has 0 bridgehead atoms. The first-order valence-electron chi connectivity index (χ1n) is 12.6. The summed E-state index contributed by atoms with van der Waals surface area (Å²) < 4.78 is 45.3. The van der Waals surface area contributed by atoms with E-state index in [1.165, 1.54) is 24.3 Å². The van der Waals surface area contributed by atoms with Crippen LogP contribution in [-0.2, 0) is 10.0 Å². The van der Waals surface area contributed by atoms with Crippen LogP contribution in [-0.4, -0.2) is 28.8 Å². The summed E-state index contributed by atoms with van der Waals surface area (Å²) in [5.74, 6) is 0.671. The second kappa shape index (κ2) is 10.2. The maximum atomic E-state index is 15.3. The summed E-state index contributed by atoms with van der Waals surface area (Å²) in [6.07, 6.45) is 5.58. The van der Waals surface area contributed by atoms with Crippen molar-refractivity contribution in [3.63, 3.8) is 0 Å². The molecule has 0 amide bonds. The van der Waals surface area contributed by atoms with Crippen LogP contribution < -0.4 is 16.2 Å². The molecule has 0 aliphatic heterocycles. The number of rotatable bonds is 6. The molecule has 0 atom stereocenters. The Morgan fingerprint density at radius 1 is 1.13 bits per heavy atom. The fourth-order valence-corrected chi connectivity index (χ4v) is 6.68. The maximum Gasteiger partial charge on any atom is 0.263 e. The number of fused-ring (bicyclic) bond motifs is 1. The van der Waals surface area contributed by atoms with E-state index in [1.54, 1.807) is 18.2 Å². The first-order valence-corrected chi connectivity index (χ1v) is 14.4. The number of imidazole rings is 1. The van der Waals surface area contributed by atoms with E-state index in [-0.39, 0.29) is 33.5 Å². The number of nitrogens with zero attached hydrogens (tertiary/aromatic N) is 3. The summed E-state index contributed by atoms with van der Waals surface area (Å²) in [7, 11) is -4.10. The summed E-state index contributed by atoms with van der Waals surface area (Å²) in [4.78, 5) is 9.23. The normalized spacial score (nSPS) is 18.3. The summed E-state index contributed by atoms with van der Waals surface area (Å²) >= 11 is 6.05. The summed E-state index contributed by atoms with van der Waals surface area (Å²) in [6, 6.07) is 10.4. The van der Waals surface area contributed by atoms with Gasteiger partial charge in [-0.25, -0.2) is 22.8 Å². The molecule has 8 nitrogen and oxygen atoms in total. The zero-order valence-electron chi connectivity index (χ0n) is 21.2. The van der Waals surface area contributed by atoms with Gasteiger partial charge in [-0.05, 0) is 49.9 Å². The van der Waals surface area contributed by atoms with Crippen molar-refractivity contribution in [3.05, 3.63) is 71.0 Å². The summed E-state index contributed by atoms with van der Waals surface area (Å²) in [5, 5.41) is 0.0430. The molecule has 1 fully saturated rings. The SMILES string of the molecule is CC(C)c1nc(-c2ccc(NS(=O)(=O)c3ccccc3Cl)c(F)c2)c2c(N)ncc(C3CCC(N)CC3)n12. The van der Waals surface area contributed by atoms with Gasteiger partial charge in [0.25, 0.3) is 10.0 Å². The van der Waals surface area contributed by atoms with Crippen molar-refractivity contribution in [1.82, 2.24) is 14.4 Å². The quantitative estimate of drug-likeness (QED) is 0.280. The number of halogens is 2. The van der Waals surface area contributed by atoms with E-state index in [9.17, 15) is 8.42 Å². The van der Waals surface area contributed by atoms with Crippen LogP contribution in [0, 0.1) is 5.82 Å². The van der Waals surface area contributed by atoms with Crippen molar-refractivity contribution in [2.24, 2.45) is 5.73 Å². The lowest BCUT2D eigenvalue weighted by molar-refractivity contribution is 0.387. The molecule has 5 rings (SSSR count). The number of sulfonamides is 1. The lowest BCUT2D eigenvalue weighted by atomic mass is 9.84. The number of benzene rings is 2. The molecule has 0 saturated heterocycles. The second-order valence-corrected chi connectivity index (χ2v) is 12.1. The van der Waals surface area contributed by atoms with Crippen molar-refractivity contribution < 1.29 is 12.8 Å². The Labute approximate surface area is 226 Å². The van der Waals surface area contributed by atoms with Gasteiger partial charge in [-0.1, -0.05) is 43.6 Å². The zero-order valence-corrected chi connectivity index (χ0v) is 22.7. The van der Waals surface area contributed by atoms with Crippen LogP contribution >= 0.6 is 11.6 Å². The van der Waals surface area contributed by atoms with Crippen molar-refractivity contribution in [2.45, 2.75) is 62.3 Å². The lowest BCUT2D eigenvalue weighted by Crippen LogP contribution is -2.26. The molecule has 1 saturated carbocycles. The minimum Gasteiger partial charge on any atom is -0.382 e. The van der Waals surface area contributed by atoms with Crippen LogP contribution in [0.15, 0.2) is 53.6 Å². The monoisotopic (exact) mass is 556 g/mol. The molecule has 1 aliphatic rings. The van der Waals surface area contributed by atoms with Crippen LogP contribution in [0.1, 0.15) is 62.9 Å². The van der Waals surface area contributed by atoms with E-state index in [2.05, 4.69) is 14.1 Å². The fraction of sp³-hybridized carbons (Fsp3) is 0.333. The molecule has 0 spiro atoms. The van der Waals surface area contributed by atoms with Crippen molar-refractivity contribution in [2.75, 3.05) is 10.5 Å². The molecule has 200 valence electrons. The first-order chi connectivity index (χ1) is 18.1. The standard InChI is InChI=1S/C27H30ClFN6O2S/c1-15(2)27-33-24(25-26(31)32-14-22(35(25)27)16-7-10-18(30)11-8-16)17-9-12-21(20(29)13-17)34-38(36,37)23-6-4-3-5-19(23)28/h3-6,9,12-16,18,34H,7-8,10-11,30H2,1-2H3,(H2,31,32). The van der Waals surface area contributed by atoms with Gasteiger partial charge in [0, 0.05) is 35.3 Å². The number of hydrogen-bond acceptors (Lipinski definition) is 6. The van der Waals surface area contributed by atoms with Crippen LogP contribution in [0.2, 0.25) is 5.02 Å². The Morgan fingerprint density at radius 2 is 1.84 bits per heavy atom. The predicted molar refractivity (Wildman–Crippen MR) is 148 cm³/mol. The number of hydrogen-bond donors (Lipinski definition) is 3. The average Bonchev–Trinajstić information content (AvgIpc) is 3.28. The molecule has 38 heavy (non-hydrogen) atoms. The molecule has 5 N–H and O–H groups in total. The number of nitrogens with two attached hydrogens (primary N) is 2. The molecular formula is C27H30ClFN6O2S. The Kier molecular flexibility index (Phi) is 7.06. The first kappa shape index (κ1) is 26.4. The van der Waals surface area contributed by atoms with E-state index >= 15 is 4.39 Å². The molecule has 11 heteroatoms. The minimum absolute atomic E-state index is 0.0430. The van der Waals surface area contributed by atoms with E-state index in [0.717, 1.165) is 37.2 Å². The van der Waals surface area contributed by atoms with Gasteiger partial charge < -0.3 is 11.5 Å². The third-order valence-corrected chi connectivity index (χ3v) is 8.92. The molecule has 2 aromatic heterocycles. The van der Waals surface area contributed by atoms with Crippen LogP contribution in [0.3, 0.4) is 0 Å². The smallest absolute Gasteiger partial charge is 0.263 e. The number of nitrogens with one attached hydrogen (secondary N) is 1. The van der Waals surface area contributed by atoms with Gasteiger partial charge in [0.2, 0.25) is 0 Å². The summed E-state index contributed by atoms with van der Waals surface area (Å²) in [5.41, 5.74) is 14.9. The Morgan fingerprint density at radius 3 is 2.50 bits per heavy atom. The van der Waals surface area contributed by atoms with Gasteiger partial charge in [-0.2, -0.15) is 0 Å². The highest BCUT2D eigenvalue weighted by atomic mass is 35.5. The van der Waals surface area contributed by atoms with E-state index in [4.69, 9.17) is 28.1 Å². The van der Waals surface area contributed by atoms with E-state index < -0.39 is 15.8 Å². The summed E-state index contributed by atoms with van der Waals surface area (Å²) in [6.45, 7) is 4.09. The molecular weight excluding hydrogens is 527 g/mol. The van der Waals surface area contributed by atoms with Gasteiger partial charge in [0.1, 0.15) is 33.6 Å². The highest BCUT2D eigenvalue weighted by Gasteiger charge is 2.27. The van der Waals surface area contributed by atoms with Gasteiger partial charge in [-0.3, -0.25) is 9.12 Å². The Balaban J connectivity index is 1.57. The second-order valence-electron chi connectivity index (χ2n) is 10.1. The molecule has 1 aliphatic carbocycles. The minimum atomic E-state index is -4.10. The van der Waals surface area contributed by atoms with Crippen molar-refractivity contribution in [3.8, 4) is 11.3 Å². The largest absolute Gasteiger partial charge is 0.382 e. The Bertz CT molecular complexity index is 1610. The lowest BCUT2D eigenvalue weighted by Gasteiger charge is -2.27. The van der Waals surface area contributed by atoms with Crippen LogP contribution in [0.4, 0.5) is 15.9 Å². The van der Waals surface area contributed by atoms with E-state index in [0.29, 0.717) is 22.6 Å². The molecule has 4 aromatic rings. The average molecular weight is 557 g/mol. The molecule has 2 aromatic carbocycles. The zero-order chi connectivity index (χ0) is 27.2. The number of aromatic nitrogens is 3. The maximum absolute atomic E-state index is 15.3. The van der Waals surface area contributed by atoms with Crippen LogP contribution in [0.5, 0.6) is 0 Å². The molecule has 2 heterocycles. The van der Waals surface area contributed by atoms with Gasteiger partial charge in [-0.15, -0.1) is 0 Å². The third-order valence-electron chi connectivity index (χ3n) is 7.06. The molecule has 0 unspecified atom stereocenters. The topological polar surface area (TPSA) is 128 Å². The number of anilines is 2. The van der Waals surface area contributed by atoms with Gasteiger partial charge in [0.15, 0.2) is 0 Å². The Hall–Kier alpha value is -3.21. The fourth-order valence-electron chi connectivity index (χ4n) is 5.09. The van der Waals surface area contributed by atoms with Crippen molar-refractivity contribution in [1.29, 1.82) is 0 Å². The number of nitrogen functional groups attached to an aromatic ring is 1. The van der Waals surface area contributed by atoms with Gasteiger partial charge in [0.05, 0.1) is 10.7 Å². The molecule has 0 radical (unpaired) electrons. The van der Waals surface area contributed by atoms with E-state index in [1.807, 2.05) is 20.0 Å². The van der Waals surface area contributed by atoms with Crippen molar-refractivity contribution >= 4 is 38.6 Å². The predicted octanol–water partition coefficient (Wildman–Crippen LogP) is 5.68. The highest BCUT2D eigenvalue weighted by Crippen LogP contribution is 2.38. The highest BCUT2D eigenvalue weighted by molar-refractivity contribution is 7.92. The van der Waals surface area contributed by atoms with Gasteiger partial charge >= 0.3 is 0 Å². The van der Waals surface area contributed by atoms with Crippen LogP contribution in [0.25, 0.3) is 16.8 Å².